The summed E-state index contributed by atoms with van der Waals surface area (Å²) in [4.78, 5) is 0. The molecule has 0 radical (unpaired) electrons. The molecule has 0 bridgehead atoms. The number of benzene rings is 2. The number of nitrogens with zero attached hydrogens (tertiary/aromatic N) is 1. The van der Waals surface area contributed by atoms with Gasteiger partial charge in [0.25, 0.3) is 0 Å². The first kappa shape index (κ1) is 9.43. The highest BCUT2D eigenvalue weighted by atomic mass is 16.5. The van der Waals surface area contributed by atoms with Crippen molar-refractivity contribution in [2.45, 2.75) is 6.73 Å². The lowest BCUT2D eigenvalue weighted by Crippen LogP contribution is -1.98. The Kier molecular flexibility index (Phi) is 2.15. The summed E-state index contributed by atoms with van der Waals surface area (Å²) in [6, 6.07) is 16.9. The quantitative estimate of drug-likeness (QED) is 0.633. The average molecular weight is 211 g/mol. The SMILES string of the molecule is COCn1c2ccccc2c2ccccc21. The van der Waals surface area contributed by atoms with E-state index >= 15 is 0 Å². The molecule has 1 aromatic heterocycles. The van der Waals surface area contributed by atoms with Crippen molar-refractivity contribution >= 4 is 21.8 Å². The van der Waals surface area contributed by atoms with Gasteiger partial charge in [0.2, 0.25) is 0 Å². The third-order valence-corrected chi connectivity index (χ3v) is 2.94. The normalized spacial score (nSPS) is 11.3. The molecule has 2 aromatic carbocycles. The molecular weight excluding hydrogens is 198 g/mol. The summed E-state index contributed by atoms with van der Waals surface area (Å²) in [7, 11) is 1.73. The summed E-state index contributed by atoms with van der Waals surface area (Å²) in [6.45, 7) is 0.591. The second-order valence-corrected chi connectivity index (χ2v) is 3.88. The van der Waals surface area contributed by atoms with Gasteiger partial charge < -0.3 is 9.30 Å². The molecule has 0 atom stereocenters. The van der Waals surface area contributed by atoms with E-state index < -0.39 is 0 Å². The molecule has 2 nitrogen and oxygen atoms in total. The molecule has 2 heteroatoms. The fraction of sp³-hybridized carbons (Fsp3) is 0.143. The van der Waals surface area contributed by atoms with Gasteiger partial charge in [-0.3, -0.25) is 0 Å². The molecule has 80 valence electrons. The van der Waals surface area contributed by atoms with Gasteiger partial charge in [0.1, 0.15) is 6.73 Å². The maximum Gasteiger partial charge on any atom is 0.123 e. The molecule has 3 aromatic rings. The Balaban J connectivity index is 2.49. The summed E-state index contributed by atoms with van der Waals surface area (Å²) in [6.07, 6.45) is 0. The maximum atomic E-state index is 5.27. The molecule has 0 unspecified atom stereocenters. The van der Waals surface area contributed by atoms with E-state index in [4.69, 9.17) is 4.74 Å². The van der Waals surface area contributed by atoms with Crippen molar-refractivity contribution in [1.29, 1.82) is 0 Å². The van der Waals surface area contributed by atoms with Gasteiger partial charge in [-0.25, -0.2) is 0 Å². The number of aromatic nitrogens is 1. The van der Waals surface area contributed by atoms with Crippen LogP contribution in [0, 0.1) is 0 Å². The van der Waals surface area contributed by atoms with Crippen LogP contribution in [-0.2, 0) is 11.5 Å². The number of ether oxygens (including phenoxy) is 1. The van der Waals surface area contributed by atoms with Crippen molar-refractivity contribution in [3.05, 3.63) is 48.5 Å². The van der Waals surface area contributed by atoms with Gasteiger partial charge in [0.15, 0.2) is 0 Å². The molecule has 0 N–H and O–H groups in total. The van der Waals surface area contributed by atoms with E-state index in [0.29, 0.717) is 6.73 Å². The fourth-order valence-corrected chi connectivity index (χ4v) is 2.27. The summed E-state index contributed by atoms with van der Waals surface area (Å²) >= 11 is 0. The number of para-hydroxylation sites is 2. The zero-order valence-electron chi connectivity index (χ0n) is 9.18. The van der Waals surface area contributed by atoms with Gasteiger partial charge >= 0.3 is 0 Å². The molecule has 0 aliphatic heterocycles. The molecule has 0 spiro atoms. The monoisotopic (exact) mass is 211 g/mol. The molecule has 0 aliphatic rings. The van der Waals surface area contributed by atoms with E-state index in [1.807, 2.05) is 0 Å². The maximum absolute atomic E-state index is 5.27. The molecule has 0 saturated carbocycles. The largest absolute Gasteiger partial charge is 0.364 e. The molecular formula is C14H13NO. The van der Waals surface area contributed by atoms with Crippen molar-refractivity contribution in [1.82, 2.24) is 4.57 Å². The standard InChI is InChI=1S/C14H13NO/c1-16-10-15-13-8-4-2-6-11(13)12-7-3-5-9-14(12)15/h2-9H,10H2,1H3. The van der Waals surface area contributed by atoms with Crippen LogP contribution in [0.3, 0.4) is 0 Å². The van der Waals surface area contributed by atoms with E-state index in [2.05, 4.69) is 53.1 Å². The van der Waals surface area contributed by atoms with Gasteiger partial charge in [-0.05, 0) is 12.1 Å². The highest BCUT2D eigenvalue weighted by Gasteiger charge is 2.08. The van der Waals surface area contributed by atoms with Crippen LogP contribution in [0.15, 0.2) is 48.5 Å². The van der Waals surface area contributed by atoms with Crippen molar-refractivity contribution in [3.8, 4) is 0 Å². The van der Waals surface area contributed by atoms with E-state index in [0.717, 1.165) is 0 Å². The number of fused-ring (bicyclic) bond motifs is 3. The fourth-order valence-electron chi connectivity index (χ4n) is 2.27. The minimum Gasteiger partial charge on any atom is -0.364 e. The van der Waals surface area contributed by atoms with Crippen molar-refractivity contribution in [3.63, 3.8) is 0 Å². The zero-order valence-corrected chi connectivity index (χ0v) is 9.18. The number of hydrogen-bond acceptors (Lipinski definition) is 1. The van der Waals surface area contributed by atoms with Gasteiger partial charge in [0.05, 0.1) is 11.0 Å². The minimum absolute atomic E-state index is 0.591. The number of hydrogen-bond donors (Lipinski definition) is 0. The topological polar surface area (TPSA) is 14.2 Å². The Labute approximate surface area is 94.1 Å². The predicted octanol–water partition coefficient (Wildman–Crippen LogP) is 3.40. The average Bonchev–Trinajstić information content (AvgIpc) is 2.66. The van der Waals surface area contributed by atoms with Crippen LogP contribution in [0.2, 0.25) is 0 Å². The lowest BCUT2D eigenvalue weighted by molar-refractivity contribution is 0.138. The van der Waals surface area contributed by atoms with Crippen LogP contribution in [0.5, 0.6) is 0 Å². The highest BCUT2D eigenvalue weighted by molar-refractivity contribution is 6.07. The van der Waals surface area contributed by atoms with Crippen molar-refractivity contribution in [2.75, 3.05) is 7.11 Å². The summed E-state index contributed by atoms with van der Waals surface area (Å²) in [5, 5.41) is 2.57. The minimum atomic E-state index is 0.591. The first-order valence-electron chi connectivity index (χ1n) is 5.37. The van der Waals surface area contributed by atoms with E-state index in [1.165, 1.54) is 21.8 Å². The van der Waals surface area contributed by atoms with E-state index in [1.54, 1.807) is 7.11 Å². The van der Waals surface area contributed by atoms with Crippen LogP contribution in [0.1, 0.15) is 0 Å². The smallest absolute Gasteiger partial charge is 0.123 e. The molecule has 16 heavy (non-hydrogen) atoms. The number of methoxy groups -OCH3 is 1. The summed E-state index contributed by atoms with van der Waals surface area (Å²) < 4.78 is 7.46. The molecule has 0 aliphatic carbocycles. The van der Waals surface area contributed by atoms with Gasteiger partial charge in [0, 0.05) is 17.9 Å². The van der Waals surface area contributed by atoms with Crippen LogP contribution < -0.4 is 0 Å². The molecule has 3 rings (SSSR count). The van der Waals surface area contributed by atoms with Crippen molar-refractivity contribution in [2.24, 2.45) is 0 Å². The second-order valence-electron chi connectivity index (χ2n) is 3.88. The predicted molar refractivity (Wildman–Crippen MR) is 66.5 cm³/mol. The van der Waals surface area contributed by atoms with Crippen LogP contribution in [0.25, 0.3) is 21.8 Å². The molecule has 0 amide bonds. The van der Waals surface area contributed by atoms with Crippen LogP contribution in [0.4, 0.5) is 0 Å². The van der Waals surface area contributed by atoms with Crippen LogP contribution in [-0.4, -0.2) is 11.7 Å². The molecule has 1 heterocycles. The second kappa shape index (κ2) is 3.65. The Morgan fingerprint density at radius 1 is 0.875 bits per heavy atom. The third-order valence-electron chi connectivity index (χ3n) is 2.94. The lowest BCUT2D eigenvalue weighted by atomic mass is 10.2. The van der Waals surface area contributed by atoms with Gasteiger partial charge in [-0.1, -0.05) is 36.4 Å². The Bertz CT molecular complexity index is 586. The first-order valence-corrected chi connectivity index (χ1v) is 5.37. The summed E-state index contributed by atoms with van der Waals surface area (Å²) in [5.74, 6) is 0. The van der Waals surface area contributed by atoms with E-state index in [-0.39, 0.29) is 0 Å². The highest BCUT2D eigenvalue weighted by Crippen LogP contribution is 2.28. The first-order chi connectivity index (χ1) is 7.92. The lowest BCUT2D eigenvalue weighted by Gasteiger charge is -2.04. The van der Waals surface area contributed by atoms with Gasteiger partial charge in [-0.2, -0.15) is 0 Å². The van der Waals surface area contributed by atoms with Crippen LogP contribution >= 0.6 is 0 Å². The van der Waals surface area contributed by atoms with Gasteiger partial charge in [-0.15, -0.1) is 0 Å². The Morgan fingerprint density at radius 2 is 1.38 bits per heavy atom. The molecule has 0 fully saturated rings. The third kappa shape index (κ3) is 1.24. The summed E-state index contributed by atoms with van der Waals surface area (Å²) in [5.41, 5.74) is 2.45. The number of rotatable bonds is 2. The Morgan fingerprint density at radius 3 is 1.88 bits per heavy atom. The zero-order chi connectivity index (χ0) is 11.0. The molecule has 0 saturated heterocycles. The van der Waals surface area contributed by atoms with E-state index in [9.17, 15) is 0 Å². The Hall–Kier alpha value is -1.80. The van der Waals surface area contributed by atoms with Crippen molar-refractivity contribution < 1.29 is 4.74 Å².